The fourth-order valence-corrected chi connectivity index (χ4v) is 5.95. The Morgan fingerprint density at radius 1 is 1.31 bits per heavy atom. The first-order valence-corrected chi connectivity index (χ1v) is 10.7. The summed E-state index contributed by atoms with van der Waals surface area (Å²) in [7, 11) is 0. The Labute approximate surface area is 162 Å². The molecule has 0 saturated carbocycles. The minimum absolute atomic E-state index is 0.191. The summed E-state index contributed by atoms with van der Waals surface area (Å²) < 4.78 is 16.6. The molecule has 3 N–H and O–H groups in total. The first-order valence-electron chi connectivity index (χ1n) is 8.01. The van der Waals surface area contributed by atoms with Crippen LogP contribution in [0.15, 0.2) is 40.7 Å². The van der Waals surface area contributed by atoms with Crippen molar-refractivity contribution in [3.8, 4) is 0 Å². The topological polar surface area (TPSA) is 67.5 Å². The van der Waals surface area contributed by atoms with E-state index in [2.05, 4.69) is 10.3 Å². The molecule has 0 fully saturated rings. The van der Waals surface area contributed by atoms with Crippen LogP contribution in [0.25, 0.3) is 9.40 Å². The first kappa shape index (κ1) is 17.5. The Bertz CT molecular complexity index is 997. The number of thiophene rings is 2. The van der Waals surface area contributed by atoms with Crippen LogP contribution < -0.4 is 11.1 Å². The number of aliphatic imine (C=N–C) groups is 1. The number of anilines is 1. The Morgan fingerprint density at radius 2 is 2.15 bits per heavy atom. The highest BCUT2D eigenvalue weighted by Gasteiger charge is 2.32. The van der Waals surface area contributed by atoms with Crippen molar-refractivity contribution in [1.29, 1.82) is 0 Å². The van der Waals surface area contributed by atoms with Gasteiger partial charge in [0.25, 0.3) is 5.91 Å². The normalized spacial score (nSPS) is 20.2. The fourth-order valence-electron chi connectivity index (χ4n) is 2.97. The summed E-state index contributed by atoms with van der Waals surface area (Å²) in [5, 5.41) is 5.34. The van der Waals surface area contributed by atoms with E-state index in [1.807, 2.05) is 24.4 Å². The van der Waals surface area contributed by atoms with Gasteiger partial charge in [0.1, 0.15) is 5.82 Å². The minimum Gasteiger partial charge on any atom is -0.379 e. The van der Waals surface area contributed by atoms with E-state index in [4.69, 9.17) is 5.73 Å². The number of nitrogens with two attached hydrogens (primary N) is 1. The van der Waals surface area contributed by atoms with E-state index < -0.39 is 5.54 Å². The lowest BCUT2D eigenvalue weighted by Crippen LogP contribution is -2.29. The lowest BCUT2D eigenvalue weighted by molar-refractivity contribution is 0.103. The van der Waals surface area contributed by atoms with Crippen LogP contribution in [0.2, 0.25) is 0 Å². The number of carbonyl (C=O) groups is 1. The maximum absolute atomic E-state index is 14.5. The molecule has 4 nitrogen and oxygen atoms in total. The lowest BCUT2D eigenvalue weighted by Gasteiger charge is -2.30. The van der Waals surface area contributed by atoms with E-state index in [0.29, 0.717) is 27.7 Å². The van der Waals surface area contributed by atoms with Crippen molar-refractivity contribution < 1.29 is 9.18 Å². The Balaban J connectivity index is 1.62. The molecule has 0 aliphatic carbocycles. The number of carbonyl (C=O) groups excluding carboxylic acids is 1. The van der Waals surface area contributed by atoms with Gasteiger partial charge in [-0.3, -0.25) is 9.79 Å². The van der Waals surface area contributed by atoms with Gasteiger partial charge in [-0.15, -0.1) is 22.7 Å². The fraction of sp³-hybridized carbons (Fsp3) is 0.222. The number of rotatable bonds is 3. The maximum atomic E-state index is 14.5. The molecule has 1 aromatic carbocycles. The predicted octanol–water partition coefficient (Wildman–Crippen LogP) is 5.02. The van der Waals surface area contributed by atoms with Crippen LogP contribution >= 0.6 is 34.4 Å². The van der Waals surface area contributed by atoms with Gasteiger partial charge in [-0.1, -0.05) is 11.8 Å². The molecule has 8 heteroatoms. The van der Waals surface area contributed by atoms with Crippen LogP contribution in [0.4, 0.5) is 10.1 Å². The van der Waals surface area contributed by atoms with Crippen molar-refractivity contribution in [3.63, 3.8) is 0 Å². The SMILES string of the molecule is CC1(c2cc(NC(=O)c3cc4sccc4s3)ccc2F)CCSC(N)=N1. The summed E-state index contributed by atoms with van der Waals surface area (Å²) in [5.41, 5.74) is 6.13. The maximum Gasteiger partial charge on any atom is 0.265 e. The molecule has 1 aliphatic rings. The molecule has 26 heavy (non-hydrogen) atoms. The van der Waals surface area contributed by atoms with Gasteiger partial charge in [0, 0.05) is 26.4 Å². The van der Waals surface area contributed by atoms with Gasteiger partial charge in [-0.2, -0.15) is 0 Å². The molecule has 1 aliphatic heterocycles. The molecular weight excluding hydrogens is 389 g/mol. The van der Waals surface area contributed by atoms with E-state index in [9.17, 15) is 9.18 Å². The van der Waals surface area contributed by atoms with Crippen LogP contribution in [0, 0.1) is 5.82 Å². The van der Waals surface area contributed by atoms with Gasteiger partial charge in [0.15, 0.2) is 5.17 Å². The zero-order valence-electron chi connectivity index (χ0n) is 13.9. The smallest absolute Gasteiger partial charge is 0.265 e. The molecule has 0 spiro atoms. The number of hydrogen-bond acceptors (Lipinski definition) is 6. The van der Waals surface area contributed by atoms with E-state index in [1.165, 1.54) is 29.2 Å². The molecule has 1 amide bonds. The molecule has 0 radical (unpaired) electrons. The monoisotopic (exact) mass is 405 g/mol. The number of amides is 1. The number of nitrogens with zero attached hydrogens (tertiary/aromatic N) is 1. The van der Waals surface area contributed by atoms with Crippen molar-refractivity contribution >= 4 is 60.6 Å². The lowest BCUT2D eigenvalue weighted by atomic mass is 9.89. The van der Waals surface area contributed by atoms with Crippen molar-refractivity contribution in [2.24, 2.45) is 10.7 Å². The van der Waals surface area contributed by atoms with Gasteiger partial charge < -0.3 is 11.1 Å². The number of benzene rings is 1. The highest BCUT2D eigenvalue weighted by molar-refractivity contribution is 8.13. The van der Waals surface area contributed by atoms with Gasteiger partial charge in [0.2, 0.25) is 0 Å². The second-order valence-corrected chi connectivity index (χ2v) is 9.38. The number of nitrogens with one attached hydrogen (secondary N) is 1. The van der Waals surface area contributed by atoms with Crippen LogP contribution in [-0.2, 0) is 5.54 Å². The molecule has 1 atom stereocenters. The summed E-state index contributed by atoms with van der Waals surface area (Å²) in [4.78, 5) is 17.6. The van der Waals surface area contributed by atoms with Gasteiger partial charge in [0.05, 0.1) is 10.4 Å². The minimum atomic E-state index is -0.717. The number of halogens is 1. The van der Waals surface area contributed by atoms with E-state index in [1.54, 1.807) is 23.5 Å². The third-order valence-electron chi connectivity index (χ3n) is 4.36. The second kappa shape index (κ2) is 6.68. The molecule has 0 bridgehead atoms. The van der Waals surface area contributed by atoms with Crippen molar-refractivity contribution in [2.45, 2.75) is 18.9 Å². The Morgan fingerprint density at radius 3 is 2.92 bits per heavy atom. The first-order chi connectivity index (χ1) is 12.4. The number of hydrogen-bond donors (Lipinski definition) is 2. The molecular formula is C18H16FN3OS3. The van der Waals surface area contributed by atoms with Crippen LogP contribution in [0.3, 0.4) is 0 Å². The molecule has 2 aromatic heterocycles. The molecule has 1 unspecified atom stereocenters. The van der Waals surface area contributed by atoms with Crippen LogP contribution in [0.5, 0.6) is 0 Å². The van der Waals surface area contributed by atoms with Gasteiger partial charge in [-0.05, 0) is 49.1 Å². The second-order valence-electron chi connectivity index (χ2n) is 6.23. The van der Waals surface area contributed by atoms with Crippen molar-refractivity contribution in [3.05, 3.63) is 52.0 Å². The Hall–Kier alpha value is -1.90. The van der Waals surface area contributed by atoms with Gasteiger partial charge >= 0.3 is 0 Å². The molecule has 4 rings (SSSR count). The number of amidine groups is 1. The summed E-state index contributed by atoms with van der Waals surface area (Å²) >= 11 is 4.53. The summed E-state index contributed by atoms with van der Waals surface area (Å²) in [5.74, 6) is 0.252. The number of thioether (sulfide) groups is 1. The summed E-state index contributed by atoms with van der Waals surface area (Å²) in [6.07, 6.45) is 0.688. The average Bonchev–Trinajstić information content (AvgIpc) is 3.18. The molecule has 3 aromatic rings. The van der Waals surface area contributed by atoms with Crippen LogP contribution in [0.1, 0.15) is 28.6 Å². The number of fused-ring (bicyclic) bond motifs is 1. The van der Waals surface area contributed by atoms with E-state index in [0.717, 1.165) is 15.2 Å². The average molecular weight is 406 g/mol. The standard InChI is InChI=1S/C18H16FN3OS3/c1-18(5-7-25-17(20)22-18)11-8-10(2-3-12(11)19)21-16(23)15-9-14-13(26-15)4-6-24-14/h2-4,6,8-9H,5,7H2,1H3,(H2,20,22)(H,21,23). The largest absolute Gasteiger partial charge is 0.379 e. The third-order valence-corrected chi connectivity index (χ3v) is 7.25. The van der Waals surface area contributed by atoms with Gasteiger partial charge in [-0.25, -0.2) is 4.39 Å². The highest BCUT2D eigenvalue weighted by Crippen LogP contribution is 2.37. The van der Waals surface area contributed by atoms with Crippen LogP contribution in [-0.4, -0.2) is 16.8 Å². The molecule has 3 heterocycles. The zero-order valence-corrected chi connectivity index (χ0v) is 16.4. The Kier molecular flexibility index (Phi) is 4.50. The highest BCUT2D eigenvalue weighted by atomic mass is 32.2. The molecule has 134 valence electrons. The summed E-state index contributed by atoms with van der Waals surface area (Å²) in [6.45, 7) is 1.87. The molecule has 0 saturated heterocycles. The predicted molar refractivity (Wildman–Crippen MR) is 110 cm³/mol. The van der Waals surface area contributed by atoms with Crippen molar-refractivity contribution in [2.75, 3.05) is 11.1 Å². The zero-order chi connectivity index (χ0) is 18.3. The third kappa shape index (κ3) is 3.24. The quantitative estimate of drug-likeness (QED) is 0.643. The summed E-state index contributed by atoms with van der Waals surface area (Å²) in [6, 6.07) is 8.49. The van der Waals surface area contributed by atoms with E-state index in [-0.39, 0.29) is 11.7 Å². The van der Waals surface area contributed by atoms with E-state index >= 15 is 0 Å². The van der Waals surface area contributed by atoms with Crippen molar-refractivity contribution in [1.82, 2.24) is 0 Å².